The summed E-state index contributed by atoms with van der Waals surface area (Å²) in [5, 5.41) is 31.0. The highest BCUT2D eigenvalue weighted by Gasteiger charge is 2.20. The Hall–Kier alpha value is -1.49. The third-order valence-corrected chi connectivity index (χ3v) is 3.22. The number of carbonyl (C=O) groups is 1. The minimum Gasteiger partial charge on any atom is -0.480 e. The number of aliphatic hydroxyl groups is 2. The number of nitrogens with zero attached hydrogens (tertiary/aromatic N) is 3. The molecule has 132 valence electrons. The fourth-order valence-corrected chi connectivity index (χ4v) is 2.18. The van der Waals surface area contributed by atoms with E-state index >= 15 is 0 Å². The molecule has 0 aromatic carbocycles. The topological polar surface area (TPSA) is 128 Å². The van der Waals surface area contributed by atoms with Crippen LogP contribution in [0, 0.1) is 0 Å². The summed E-state index contributed by atoms with van der Waals surface area (Å²) >= 11 is 0.878. The van der Waals surface area contributed by atoms with E-state index in [2.05, 4.69) is 14.1 Å². The van der Waals surface area contributed by atoms with Gasteiger partial charge >= 0.3 is 5.97 Å². The van der Waals surface area contributed by atoms with Gasteiger partial charge in [-0.2, -0.15) is 4.37 Å². The molecule has 0 aliphatic rings. The first-order chi connectivity index (χ1) is 10.7. The molecule has 0 spiro atoms. The molecular weight excluding hydrogens is 324 g/mol. The molecular formula is C13H24N4O5S. The van der Waals surface area contributed by atoms with Gasteiger partial charge in [-0.05, 0) is 20.8 Å². The van der Waals surface area contributed by atoms with Crippen LogP contribution in [0.15, 0.2) is 0 Å². The van der Waals surface area contributed by atoms with Crippen molar-refractivity contribution in [3.8, 4) is 5.88 Å². The largest absolute Gasteiger partial charge is 0.480 e. The SMILES string of the molecule is CC(C)(C)NC[C@H](O)COc1nsnc1N(CCO)CC(=O)O. The normalized spacial score (nSPS) is 12.9. The van der Waals surface area contributed by atoms with E-state index in [-0.39, 0.29) is 43.5 Å². The van der Waals surface area contributed by atoms with E-state index in [1.807, 2.05) is 20.8 Å². The molecule has 1 aromatic heterocycles. The lowest BCUT2D eigenvalue weighted by Crippen LogP contribution is -2.42. The summed E-state index contributed by atoms with van der Waals surface area (Å²) in [7, 11) is 0. The van der Waals surface area contributed by atoms with Crippen molar-refractivity contribution in [2.45, 2.75) is 32.4 Å². The van der Waals surface area contributed by atoms with Crippen molar-refractivity contribution in [3.05, 3.63) is 0 Å². The number of hydrogen-bond donors (Lipinski definition) is 4. The summed E-state index contributed by atoms with van der Waals surface area (Å²) in [4.78, 5) is 12.2. The van der Waals surface area contributed by atoms with Crippen molar-refractivity contribution >= 4 is 23.5 Å². The summed E-state index contributed by atoms with van der Waals surface area (Å²) in [6.45, 7) is 5.87. The van der Waals surface area contributed by atoms with E-state index < -0.39 is 12.1 Å². The van der Waals surface area contributed by atoms with Gasteiger partial charge in [0.05, 0.1) is 18.3 Å². The lowest BCUT2D eigenvalue weighted by Gasteiger charge is -2.23. The molecule has 23 heavy (non-hydrogen) atoms. The predicted octanol–water partition coefficient (Wildman–Crippen LogP) is -0.451. The Kier molecular flexibility index (Phi) is 7.62. The molecule has 1 atom stereocenters. The van der Waals surface area contributed by atoms with Gasteiger partial charge < -0.3 is 30.3 Å². The molecule has 9 nitrogen and oxygen atoms in total. The minimum absolute atomic E-state index is 0.00152. The van der Waals surface area contributed by atoms with E-state index in [1.54, 1.807) is 0 Å². The summed E-state index contributed by atoms with van der Waals surface area (Å²) in [5.74, 6) is -0.645. The Balaban J connectivity index is 2.61. The number of aliphatic hydroxyl groups excluding tert-OH is 2. The van der Waals surface area contributed by atoms with Gasteiger partial charge in [0.2, 0.25) is 5.82 Å². The number of nitrogens with one attached hydrogen (secondary N) is 1. The standard InChI is InChI=1S/C13H24N4O5S/c1-13(2,3)14-6-9(19)8-22-12-11(15-23-16-12)17(4-5-18)7-10(20)21/h9,14,18-19H,4-8H2,1-3H3,(H,20,21)/t9-/m0/s1. The molecule has 10 heteroatoms. The second kappa shape index (κ2) is 8.96. The van der Waals surface area contributed by atoms with Crippen molar-refractivity contribution in [1.29, 1.82) is 0 Å². The molecule has 0 amide bonds. The summed E-state index contributed by atoms with van der Waals surface area (Å²) in [6.07, 6.45) is -0.741. The molecule has 0 unspecified atom stereocenters. The number of hydrogen-bond acceptors (Lipinski definition) is 9. The van der Waals surface area contributed by atoms with Crippen LogP contribution in [-0.2, 0) is 4.79 Å². The van der Waals surface area contributed by atoms with Gasteiger partial charge in [0.15, 0.2) is 0 Å². The Morgan fingerprint density at radius 2 is 2.13 bits per heavy atom. The Bertz CT molecular complexity index is 491. The lowest BCUT2D eigenvalue weighted by molar-refractivity contribution is -0.135. The first-order valence-corrected chi connectivity index (χ1v) is 7.92. The number of aromatic nitrogens is 2. The Morgan fingerprint density at radius 3 is 2.70 bits per heavy atom. The second-order valence-electron chi connectivity index (χ2n) is 6.03. The second-order valence-corrected chi connectivity index (χ2v) is 6.56. The van der Waals surface area contributed by atoms with Gasteiger partial charge in [-0.1, -0.05) is 0 Å². The van der Waals surface area contributed by atoms with Crippen LogP contribution in [0.5, 0.6) is 5.88 Å². The van der Waals surface area contributed by atoms with Crippen LogP contribution in [0.25, 0.3) is 0 Å². The highest BCUT2D eigenvalue weighted by molar-refractivity contribution is 6.99. The van der Waals surface area contributed by atoms with Crippen molar-refractivity contribution in [2.75, 3.05) is 37.7 Å². The quantitative estimate of drug-likeness (QED) is 0.444. The minimum atomic E-state index is -1.05. The van der Waals surface area contributed by atoms with Crippen LogP contribution in [0.2, 0.25) is 0 Å². The van der Waals surface area contributed by atoms with Gasteiger partial charge in [0, 0.05) is 18.6 Å². The number of ether oxygens (including phenoxy) is 1. The summed E-state index contributed by atoms with van der Waals surface area (Å²) < 4.78 is 13.4. The van der Waals surface area contributed by atoms with Crippen molar-refractivity contribution in [1.82, 2.24) is 14.1 Å². The number of β-amino-alcohol motifs (C(OH)–C–C–N with tert-alkyl or cyclic N) is 1. The molecule has 1 heterocycles. The van der Waals surface area contributed by atoms with Crippen molar-refractivity contribution in [3.63, 3.8) is 0 Å². The highest BCUT2D eigenvalue weighted by Crippen LogP contribution is 2.25. The van der Waals surface area contributed by atoms with E-state index in [9.17, 15) is 9.90 Å². The van der Waals surface area contributed by atoms with Crippen LogP contribution >= 0.6 is 11.7 Å². The monoisotopic (exact) mass is 348 g/mol. The first kappa shape index (κ1) is 19.6. The van der Waals surface area contributed by atoms with Crippen LogP contribution in [-0.4, -0.2) is 74.5 Å². The molecule has 1 rings (SSSR count). The number of carboxylic acids is 1. The van der Waals surface area contributed by atoms with Gasteiger partial charge in [0.1, 0.15) is 19.3 Å². The van der Waals surface area contributed by atoms with Gasteiger partial charge in [-0.3, -0.25) is 4.79 Å². The average molecular weight is 348 g/mol. The van der Waals surface area contributed by atoms with Gasteiger partial charge in [-0.15, -0.1) is 4.37 Å². The molecule has 4 N–H and O–H groups in total. The zero-order valence-electron chi connectivity index (χ0n) is 13.5. The smallest absolute Gasteiger partial charge is 0.323 e. The Labute approximate surface area is 139 Å². The third-order valence-electron chi connectivity index (χ3n) is 2.72. The molecule has 0 aliphatic heterocycles. The van der Waals surface area contributed by atoms with E-state index in [0.717, 1.165) is 11.7 Å². The Morgan fingerprint density at radius 1 is 1.43 bits per heavy atom. The first-order valence-electron chi connectivity index (χ1n) is 7.19. The van der Waals surface area contributed by atoms with E-state index in [1.165, 1.54) is 4.90 Å². The zero-order chi connectivity index (χ0) is 17.5. The van der Waals surface area contributed by atoms with Gasteiger partial charge in [0.25, 0.3) is 5.88 Å². The molecule has 1 aromatic rings. The molecule has 0 fully saturated rings. The molecule has 0 saturated heterocycles. The van der Waals surface area contributed by atoms with Gasteiger partial charge in [-0.25, -0.2) is 0 Å². The maximum atomic E-state index is 10.9. The van der Waals surface area contributed by atoms with Crippen LogP contribution in [0.3, 0.4) is 0 Å². The third kappa shape index (κ3) is 7.55. The predicted molar refractivity (Wildman–Crippen MR) is 86.1 cm³/mol. The summed E-state index contributed by atoms with van der Waals surface area (Å²) in [6, 6.07) is 0. The maximum Gasteiger partial charge on any atom is 0.323 e. The van der Waals surface area contributed by atoms with E-state index in [0.29, 0.717) is 6.54 Å². The average Bonchev–Trinajstić information content (AvgIpc) is 2.89. The number of carboxylic acid groups (broad SMARTS) is 1. The van der Waals surface area contributed by atoms with Crippen LogP contribution in [0.1, 0.15) is 20.8 Å². The zero-order valence-corrected chi connectivity index (χ0v) is 14.3. The van der Waals surface area contributed by atoms with Crippen molar-refractivity contribution < 1.29 is 24.9 Å². The van der Waals surface area contributed by atoms with Crippen molar-refractivity contribution in [2.24, 2.45) is 0 Å². The number of anilines is 1. The number of rotatable bonds is 10. The lowest BCUT2D eigenvalue weighted by atomic mass is 10.1. The highest BCUT2D eigenvalue weighted by atomic mass is 32.1. The maximum absolute atomic E-state index is 10.9. The molecule has 0 aliphatic carbocycles. The fraction of sp³-hybridized carbons (Fsp3) is 0.769. The number of aliphatic carboxylic acids is 1. The molecule has 0 bridgehead atoms. The fourth-order valence-electron chi connectivity index (χ4n) is 1.66. The summed E-state index contributed by atoms with van der Waals surface area (Å²) in [5.41, 5.74) is -0.117. The molecule has 0 radical (unpaired) electrons. The van der Waals surface area contributed by atoms with E-state index in [4.69, 9.17) is 14.9 Å². The van der Waals surface area contributed by atoms with Crippen LogP contribution < -0.4 is 15.0 Å². The van der Waals surface area contributed by atoms with Crippen LogP contribution in [0.4, 0.5) is 5.82 Å². The molecule has 0 saturated carbocycles.